The van der Waals surface area contributed by atoms with Gasteiger partial charge in [0.05, 0.1) is 31.2 Å². The molecular formula is C21H21N3O6S2. The van der Waals surface area contributed by atoms with Crippen molar-refractivity contribution in [3.63, 3.8) is 0 Å². The summed E-state index contributed by atoms with van der Waals surface area (Å²) in [5, 5.41) is 9.37. The maximum absolute atomic E-state index is 12.9. The number of ether oxygens (including phenoxy) is 2. The average Bonchev–Trinajstić information content (AvgIpc) is 3.32. The number of carboxylic acids is 1. The van der Waals surface area contributed by atoms with E-state index in [0.717, 1.165) is 20.3 Å². The topological polar surface area (TPSA) is 119 Å². The standard InChI is InChI=1S/C21H21N3O6S2/c1-4-15(20(25)26)24-11-17-18(32(24,27)28)9-16(31-17)13-7-5-12(6-8-13)14-10-22-21(30-3)23-19(14)29-2/h5-10,15H,4,11H2,1-3H3,(H,25,26). The fourth-order valence-corrected chi connectivity index (χ4v) is 7.03. The van der Waals surface area contributed by atoms with Crippen molar-refractivity contribution < 1.29 is 27.8 Å². The Kier molecular flexibility index (Phi) is 5.89. The van der Waals surface area contributed by atoms with E-state index >= 15 is 0 Å². The fourth-order valence-electron chi connectivity index (χ4n) is 3.63. The summed E-state index contributed by atoms with van der Waals surface area (Å²) in [4.78, 5) is 21.4. The molecule has 0 saturated heterocycles. The predicted molar refractivity (Wildman–Crippen MR) is 118 cm³/mol. The molecule has 3 aromatic rings. The highest BCUT2D eigenvalue weighted by atomic mass is 32.2. The quantitative estimate of drug-likeness (QED) is 0.553. The summed E-state index contributed by atoms with van der Waals surface area (Å²) < 4.78 is 37.3. The second-order valence-corrected chi connectivity index (χ2v) is 10.1. The molecule has 0 radical (unpaired) electrons. The summed E-state index contributed by atoms with van der Waals surface area (Å²) in [5.41, 5.74) is 2.39. The summed E-state index contributed by atoms with van der Waals surface area (Å²) in [6, 6.07) is 8.30. The minimum Gasteiger partial charge on any atom is -0.480 e. The van der Waals surface area contributed by atoms with Crippen molar-refractivity contribution >= 4 is 27.3 Å². The number of carboxylic acid groups (broad SMARTS) is 1. The van der Waals surface area contributed by atoms with Gasteiger partial charge in [-0.2, -0.15) is 9.29 Å². The van der Waals surface area contributed by atoms with Gasteiger partial charge < -0.3 is 14.6 Å². The summed E-state index contributed by atoms with van der Waals surface area (Å²) in [7, 11) is -0.844. The fraction of sp³-hybridized carbons (Fsp3) is 0.286. The minimum atomic E-state index is -3.84. The van der Waals surface area contributed by atoms with Crippen molar-refractivity contribution in [2.75, 3.05) is 14.2 Å². The highest BCUT2D eigenvalue weighted by molar-refractivity contribution is 7.89. The van der Waals surface area contributed by atoms with Crippen LogP contribution in [-0.4, -0.2) is 54.0 Å². The Labute approximate surface area is 189 Å². The van der Waals surface area contributed by atoms with Crippen molar-refractivity contribution in [3.05, 3.63) is 41.4 Å². The maximum Gasteiger partial charge on any atom is 0.322 e. The van der Waals surface area contributed by atoms with Gasteiger partial charge in [0.15, 0.2) is 0 Å². The second kappa shape index (κ2) is 8.49. The molecule has 168 valence electrons. The number of nitrogens with zero attached hydrogens (tertiary/aromatic N) is 3. The number of methoxy groups -OCH3 is 2. The summed E-state index contributed by atoms with van der Waals surface area (Å²) in [6.07, 6.45) is 1.82. The number of benzene rings is 1. The number of rotatable bonds is 7. The molecule has 0 spiro atoms. The first kappa shape index (κ1) is 22.2. The minimum absolute atomic E-state index is 0.0750. The molecule has 0 saturated carbocycles. The van der Waals surface area contributed by atoms with Crippen molar-refractivity contribution in [1.82, 2.24) is 14.3 Å². The van der Waals surface area contributed by atoms with Gasteiger partial charge in [-0.25, -0.2) is 13.4 Å². The molecule has 11 heteroatoms. The van der Waals surface area contributed by atoms with Crippen LogP contribution >= 0.6 is 11.3 Å². The monoisotopic (exact) mass is 475 g/mol. The van der Waals surface area contributed by atoms with E-state index in [9.17, 15) is 18.3 Å². The Balaban J connectivity index is 1.63. The van der Waals surface area contributed by atoms with E-state index in [-0.39, 0.29) is 23.9 Å². The van der Waals surface area contributed by atoms with Crippen molar-refractivity contribution in [1.29, 1.82) is 0 Å². The molecule has 9 nitrogen and oxygen atoms in total. The Morgan fingerprint density at radius 2 is 1.91 bits per heavy atom. The lowest BCUT2D eigenvalue weighted by Gasteiger charge is -2.21. The van der Waals surface area contributed by atoms with E-state index in [1.807, 2.05) is 24.3 Å². The first-order chi connectivity index (χ1) is 15.3. The zero-order valence-electron chi connectivity index (χ0n) is 17.6. The highest BCUT2D eigenvalue weighted by Gasteiger charge is 2.43. The van der Waals surface area contributed by atoms with Crippen LogP contribution in [0.4, 0.5) is 0 Å². The van der Waals surface area contributed by atoms with E-state index in [2.05, 4.69) is 9.97 Å². The lowest BCUT2D eigenvalue weighted by molar-refractivity contribution is -0.141. The Bertz CT molecular complexity index is 1270. The Hall–Kier alpha value is -3.02. The van der Waals surface area contributed by atoms with Gasteiger partial charge >= 0.3 is 12.0 Å². The van der Waals surface area contributed by atoms with Crippen LogP contribution in [0.15, 0.2) is 41.4 Å². The van der Waals surface area contributed by atoms with Gasteiger partial charge in [-0.1, -0.05) is 31.2 Å². The third-order valence-corrected chi connectivity index (χ3v) is 8.48. The third kappa shape index (κ3) is 3.72. The van der Waals surface area contributed by atoms with Crippen molar-refractivity contribution in [3.8, 4) is 33.5 Å². The summed E-state index contributed by atoms with van der Waals surface area (Å²) in [5.74, 6) is -0.755. The van der Waals surface area contributed by atoms with Crippen LogP contribution in [0.2, 0.25) is 0 Å². The summed E-state index contributed by atoms with van der Waals surface area (Å²) >= 11 is 1.36. The molecule has 32 heavy (non-hydrogen) atoms. The highest BCUT2D eigenvalue weighted by Crippen LogP contribution is 2.42. The molecule has 3 heterocycles. The normalized spacial score (nSPS) is 15.8. The van der Waals surface area contributed by atoms with Gasteiger partial charge in [0, 0.05) is 16.0 Å². The van der Waals surface area contributed by atoms with E-state index in [0.29, 0.717) is 16.3 Å². The van der Waals surface area contributed by atoms with Crippen LogP contribution in [0.25, 0.3) is 21.6 Å². The molecule has 1 aliphatic rings. The maximum atomic E-state index is 12.9. The van der Waals surface area contributed by atoms with E-state index in [1.165, 1.54) is 25.6 Å². The molecule has 1 N–H and O–H groups in total. The number of hydrogen-bond donors (Lipinski definition) is 1. The SMILES string of the molecule is CCC(C(=O)O)N1Cc2sc(-c3ccc(-c4cnc(OC)nc4OC)cc3)cc2S1(=O)=O. The predicted octanol–water partition coefficient (Wildman–Crippen LogP) is 3.26. The zero-order valence-corrected chi connectivity index (χ0v) is 19.2. The Morgan fingerprint density at radius 1 is 1.22 bits per heavy atom. The molecule has 1 atom stereocenters. The zero-order chi connectivity index (χ0) is 23.0. The molecule has 1 unspecified atom stereocenters. The molecule has 2 aromatic heterocycles. The molecule has 0 fully saturated rings. The van der Waals surface area contributed by atoms with Crippen molar-refractivity contribution in [2.24, 2.45) is 0 Å². The van der Waals surface area contributed by atoms with Gasteiger partial charge in [0.25, 0.3) is 0 Å². The van der Waals surface area contributed by atoms with Gasteiger partial charge in [-0.15, -0.1) is 11.3 Å². The van der Waals surface area contributed by atoms with Gasteiger partial charge in [-0.3, -0.25) is 4.79 Å². The molecule has 0 bridgehead atoms. The molecule has 1 aliphatic heterocycles. The van der Waals surface area contributed by atoms with Crippen LogP contribution < -0.4 is 9.47 Å². The number of carbonyl (C=O) groups is 1. The third-order valence-electron chi connectivity index (χ3n) is 5.26. The first-order valence-electron chi connectivity index (χ1n) is 9.73. The van der Waals surface area contributed by atoms with Crippen LogP contribution in [-0.2, 0) is 21.4 Å². The molecule has 1 aromatic carbocycles. The summed E-state index contributed by atoms with van der Waals surface area (Å²) in [6.45, 7) is 1.74. The molecule has 0 aliphatic carbocycles. The molecule has 0 amide bonds. The number of aliphatic carboxylic acids is 1. The molecular weight excluding hydrogens is 454 g/mol. The number of thiophene rings is 1. The van der Waals surface area contributed by atoms with Crippen LogP contribution in [0.3, 0.4) is 0 Å². The average molecular weight is 476 g/mol. The molecule has 4 rings (SSSR count). The van der Waals surface area contributed by atoms with Gasteiger partial charge in [-0.05, 0) is 23.6 Å². The number of aromatic nitrogens is 2. The van der Waals surface area contributed by atoms with Crippen LogP contribution in [0, 0.1) is 0 Å². The lowest BCUT2D eigenvalue weighted by atomic mass is 10.1. The van der Waals surface area contributed by atoms with Gasteiger partial charge in [0.1, 0.15) is 6.04 Å². The van der Waals surface area contributed by atoms with E-state index in [4.69, 9.17) is 9.47 Å². The smallest absolute Gasteiger partial charge is 0.322 e. The van der Waals surface area contributed by atoms with Crippen LogP contribution in [0.5, 0.6) is 11.9 Å². The van der Waals surface area contributed by atoms with E-state index in [1.54, 1.807) is 19.2 Å². The van der Waals surface area contributed by atoms with Crippen LogP contribution in [0.1, 0.15) is 18.2 Å². The largest absolute Gasteiger partial charge is 0.480 e. The number of fused-ring (bicyclic) bond motifs is 1. The Morgan fingerprint density at radius 3 is 2.47 bits per heavy atom. The first-order valence-corrected chi connectivity index (χ1v) is 12.0. The second-order valence-electron chi connectivity index (χ2n) is 7.07. The van der Waals surface area contributed by atoms with E-state index < -0.39 is 22.0 Å². The number of sulfonamides is 1. The van der Waals surface area contributed by atoms with Gasteiger partial charge in [0.2, 0.25) is 15.9 Å². The van der Waals surface area contributed by atoms with Crippen molar-refractivity contribution in [2.45, 2.75) is 30.8 Å². The number of hydrogen-bond acceptors (Lipinski definition) is 8. The lowest BCUT2D eigenvalue weighted by Crippen LogP contribution is -2.40.